The summed E-state index contributed by atoms with van der Waals surface area (Å²) in [6, 6.07) is 5.53. The van der Waals surface area contributed by atoms with Crippen LogP contribution >= 0.6 is 0 Å². The zero-order chi connectivity index (χ0) is 13.9. The minimum atomic E-state index is -0.0347. The van der Waals surface area contributed by atoms with Crippen LogP contribution in [0, 0.1) is 5.92 Å². The van der Waals surface area contributed by atoms with Crippen molar-refractivity contribution < 1.29 is 9.53 Å². The molecule has 1 aliphatic rings. The Balaban J connectivity index is 1.69. The first-order chi connectivity index (χ1) is 9.74. The van der Waals surface area contributed by atoms with Gasteiger partial charge in [-0.05, 0) is 37.0 Å². The topological polar surface area (TPSA) is 80.1 Å². The number of aromatic nitrogens is 1. The Hall–Kier alpha value is -2.01. The maximum absolute atomic E-state index is 12.3. The van der Waals surface area contributed by atoms with Gasteiger partial charge in [0.1, 0.15) is 0 Å². The van der Waals surface area contributed by atoms with E-state index in [0.717, 1.165) is 37.0 Å². The SMILES string of the molecule is Nc1ccc2c(C(=O)NCC3CCOCC3)c[nH]c2c1. The highest BCUT2D eigenvalue weighted by Gasteiger charge is 2.16. The Kier molecular flexibility index (Phi) is 3.60. The van der Waals surface area contributed by atoms with E-state index in [1.807, 2.05) is 18.2 Å². The van der Waals surface area contributed by atoms with E-state index in [-0.39, 0.29) is 5.91 Å². The molecular formula is C15H19N3O2. The molecule has 4 N–H and O–H groups in total. The number of nitrogens with two attached hydrogens (primary N) is 1. The van der Waals surface area contributed by atoms with Crippen LogP contribution in [-0.4, -0.2) is 30.6 Å². The van der Waals surface area contributed by atoms with Gasteiger partial charge in [-0.3, -0.25) is 4.79 Å². The molecule has 20 heavy (non-hydrogen) atoms. The number of anilines is 1. The van der Waals surface area contributed by atoms with Gasteiger partial charge < -0.3 is 20.8 Å². The number of rotatable bonds is 3. The highest BCUT2D eigenvalue weighted by Crippen LogP contribution is 2.21. The number of fused-ring (bicyclic) bond motifs is 1. The van der Waals surface area contributed by atoms with Gasteiger partial charge in [-0.2, -0.15) is 0 Å². The molecule has 0 radical (unpaired) electrons. The minimum absolute atomic E-state index is 0.0347. The Bertz CT molecular complexity index is 615. The van der Waals surface area contributed by atoms with E-state index in [2.05, 4.69) is 10.3 Å². The molecule has 1 saturated heterocycles. The van der Waals surface area contributed by atoms with Gasteiger partial charge in [-0.1, -0.05) is 0 Å². The lowest BCUT2D eigenvalue weighted by Gasteiger charge is -2.22. The maximum atomic E-state index is 12.3. The summed E-state index contributed by atoms with van der Waals surface area (Å²) in [5.74, 6) is 0.487. The number of ether oxygens (including phenoxy) is 1. The van der Waals surface area contributed by atoms with Crippen molar-refractivity contribution in [2.45, 2.75) is 12.8 Å². The molecule has 0 atom stereocenters. The molecule has 1 aromatic carbocycles. The lowest BCUT2D eigenvalue weighted by atomic mass is 10.0. The summed E-state index contributed by atoms with van der Waals surface area (Å²) in [5, 5.41) is 3.92. The Morgan fingerprint density at radius 3 is 3.00 bits per heavy atom. The van der Waals surface area contributed by atoms with Gasteiger partial charge in [0.05, 0.1) is 5.56 Å². The van der Waals surface area contributed by atoms with Crippen molar-refractivity contribution in [2.24, 2.45) is 5.92 Å². The predicted octanol–water partition coefficient (Wildman–Crippen LogP) is 1.91. The molecule has 1 amide bonds. The van der Waals surface area contributed by atoms with E-state index in [4.69, 9.17) is 10.5 Å². The smallest absolute Gasteiger partial charge is 0.253 e. The minimum Gasteiger partial charge on any atom is -0.399 e. The lowest BCUT2D eigenvalue weighted by molar-refractivity contribution is 0.0643. The first-order valence-electron chi connectivity index (χ1n) is 6.96. The number of amides is 1. The third-order valence-corrected chi connectivity index (χ3v) is 3.84. The molecule has 106 valence electrons. The van der Waals surface area contributed by atoms with E-state index >= 15 is 0 Å². The highest BCUT2D eigenvalue weighted by molar-refractivity contribution is 6.07. The number of nitrogen functional groups attached to an aromatic ring is 1. The van der Waals surface area contributed by atoms with Gasteiger partial charge in [-0.15, -0.1) is 0 Å². The van der Waals surface area contributed by atoms with E-state index in [1.54, 1.807) is 6.20 Å². The highest BCUT2D eigenvalue weighted by atomic mass is 16.5. The van der Waals surface area contributed by atoms with Crippen LogP contribution in [0.3, 0.4) is 0 Å². The molecule has 1 aliphatic heterocycles. The summed E-state index contributed by atoms with van der Waals surface area (Å²) in [5.41, 5.74) is 7.98. The molecule has 1 aromatic heterocycles. The van der Waals surface area contributed by atoms with Crippen molar-refractivity contribution in [3.05, 3.63) is 30.0 Å². The molecule has 0 spiro atoms. The van der Waals surface area contributed by atoms with Crippen molar-refractivity contribution in [2.75, 3.05) is 25.5 Å². The zero-order valence-electron chi connectivity index (χ0n) is 11.3. The summed E-state index contributed by atoms with van der Waals surface area (Å²) in [4.78, 5) is 15.3. The molecular weight excluding hydrogens is 254 g/mol. The summed E-state index contributed by atoms with van der Waals surface area (Å²) >= 11 is 0. The number of aromatic amines is 1. The molecule has 2 aromatic rings. The van der Waals surface area contributed by atoms with Crippen LogP contribution in [0.4, 0.5) is 5.69 Å². The van der Waals surface area contributed by atoms with Crippen LogP contribution in [0.2, 0.25) is 0 Å². The second kappa shape index (κ2) is 5.54. The van der Waals surface area contributed by atoms with Gasteiger partial charge in [0.25, 0.3) is 5.91 Å². The Labute approximate surface area is 117 Å². The molecule has 1 fully saturated rings. The molecule has 5 heteroatoms. The van der Waals surface area contributed by atoms with Gasteiger partial charge in [0, 0.05) is 42.5 Å². The second-order valence-corrected chi connectivity index (χ2v) is 5.27. The van der Waals surface area contributed by atoms with Crippen molar-refractivity contribution in [3.8, 4) is 0 Å². The van der Waals surface area contributed by atoms with E-state index < -0.39 is 0 Å². The summed E-state index contributed by atoms with van der Waals surface area (Å²) in [6.07, 6.45) is 3.78. The first kappa shape index (κ1) is 13.0. The number of benzene rings is 1. The quantitative estimate of drug-likeness (QED) is 0.747. The van der Waals surface area contributed by atoms with Crippen LogP contribution in [0.5, 0.6) is 0 Å². The predicted molar refractivity (Wildman–Crippen MR) is 78.6 cm³/mol. The van der Waals surface area contributed by atoms with Crippen molar-refractivity contribution >= 4 is 22.5 Å². The Morgan fingerprint density at radius 2 is 2.20 bits per heavy atom. The van der Waals surface area contributed by atoms with Crippen molar-refractivity contribution in [1.29, 1.82) is 0 Å². The van der Waals surface area contributed by atoms with Crippen molar-refractivity contribution in [3.63, 3.8) is 0 Å². The first-order valence-corrected chi connectivity index (χ1v) is 6.96. The molecule has 0 saturated carbocycles. The summed E-state index contributed by atoms with van der Waals surface area (Å²) in [6.45, 7) is 2.31. The van der Waals surface area contributed by atoms with Crippen molar-refractivity contribution in [1.82, 2.24) is 10.3 Å². The molecule has 3 rings (SSSR count). The molecule has 0 unspecified atom stereocenters. The summed E-state index contributed by atoms with van der Waals surface area (Å²) < 4.78 is 5.32. The van der Waals surface area contributed by atoms with Gasteiger partial charge in [-0.25, -0.2) is 0 Å². The average Bonchev–Trinajstić information content (AvgIpc) is 2.89. The van der Waals surface area contributed by atoms with Crippen LogP contribution in [0.25, 0.3) is 10.9 Å². The van der Waals surface area contributed by atoms with E-state index in [0.29, 0.717) is 23.7 Å². The second-order valence-electron chi connectivity index (χ2n) is 5.27. The fourth-order valence-electron chi connectivity index (χ4n) is 2.61. The average molecular weight is 273 g/mol. The molecule has 2 heterocycles. The number of hydrogen-bond donors (Lipinski definition) is 3. The molecule has 0 aliphatic carbocycles. The fourth-order valence-corrected chi connectivity index (χ4v) is 2.61. The number of H-pyrrole nitrogens is 1. The Morgan fingerprint density at radius 1 is 1.40 bits per heavy atom. The summed E-state index contributed by atoms with van der Waals surface area (Å²) in [7, 11) is 0. The standard InChI is InChI=1S/C15H19N3O2/c16-11-1-2-12-13(9-17-14(12)7-11)15(19)18-8-10-3-5-20-6-4-10/h1-2,7,9-10,17H,3-6,8,16H2,(H,18,19). The van der Waals surface area contributed by atoms with Crippen LogP contribution in [0.1, 0.15) is 23.2 Å². The lowest BCUT2D eigenvalue weighted by Crippen LogP contribution is -2.32. The third kappa shape index (κ3) is 2.63. The van der Waals surface area contributed by atoms with E-state index in [1.165, 1.54) is 0 Å². The molecule has 5 nitrogen and oxygen atoms in total. The third-order valence-electron chi connectivity index (χ3n) is 3.84. The monoisotopic (exact) mass is 273 g/mol. The number of hydrogen-bond acceptors (Lipinski definition) is 3. The number of nitrogens with one attached hydrogen (secondary N) is 2. The molecule has 0 bridgehead atoms. The van der Waals surface area contributed by atoms with Gasteiger partial charge >= 0.3 is 0 Å². The normalized spacial score (nSPS) is 16.4. The van der Waals surface area contributed by atoms with Crippen LogP contribution in [-0.2, 0) is 4.74 Å². The number of carbonyl (C=O) groups is 1. The van der Waals surface area contributed by atoms with Gasteiger partial charge in [0.2, 0.25) is 0 Å². The fraction of sp³-hybridized carbons (Fsp3) is 0.400. The zero-order valence-corrected chi connectivity index (χ0v) is 11.3. The van der Waals surface area contributed by atoms with Crippen LogP contribution < -0.4 is 11.1 Å². The van der Waals surface area contributed by atoms with Gasteiger partial charge in [0.15, 0.2) is 0 Å². The van der Waals surface area contributed by atoms with E-state index in [9.17, 15) is 4.79 Å². The maximum Gasteiger partial charge on any atom is 0.253 e. The largest absolute Gasteiger partial charge is 0.399 e. The number of carbonyl (C=O) groups excluding carboxylic acids is 1. The van der Waals surface area contributed by atoms with Crippen LogP contribution in [0.15, 0.2) is 24.4 Å².